The van der Waals surface area contributed by atoms with E-state index in [9.17, 15) is 0 Å². The number of rotatable bonds is 3. The summed E-state index contributed by atoms with van der Waals surface area (Å²) in [6.45, 7) is 18.4. The summed E-state index contributed by atoms with van der Waals surface area (Å²) in [5, 5.41) is 0.256. The first-order chi connectivity index (χ1) is 7.47. The number of hydrogen-bond acceptors (Lipinski definition) is 2. The summed E-state index contributed by atoms with van der Waals surface area (Å²) in [7, 11) is -1.67. The average molecular weight is 256 g/mol. The van der Waals surface area contributed by atoms with E-state index in [-0.39, 0.29) is 16.7 Å². The molecule has 0 fully saturated rings. The molecule has 1 rings (SSSR count). The van der Waals surface area contributed by atoms with Crippen molar-refractivity contribution in [1.29, 1.82) is 0 Å². The monoisotopic (exact) mass is 256 g/mol. The second-order valence-corrected chi connectivity index (χ2v) is 11.8. The van der Waals surface area contributed by atoms with Gasteiger partial charge in [-0.15, -0.1) is 0 Å². The van der Waals surface area contributed by atoms with E-state index in [1.54, 1.807) is 0 Å². The standard InChI is InChI=1S/C14H28O2Si/c1-11-9-14(6,16-12(11)2)10-15-17(7,8)13(3,4)5/h9,12H,10H2,1-8H3/t12-,14-/m1/s1. The molecule has 0 aromatic heterocycles. The zero-order chi connectivity index (χ0) is 13.5. The molecule has 2 nitrogen and oxygen atoms in total. The summed E-state index contributed by atoms with van der Waals surface area (Å²) in [4.78, 5) is 0. The zero-order valence-electron chi connectivity index (χ0n) is 12.7. The van der Waals surface area contributed by atoms with Crippen LogP contribution in [0.2, 0.25) is 18.1 Å². The summed E-state index contributed by atoms with van der Waals surface area (Å²) in [5.41, 5.74) is 1.07. The lowest BCUT2D eigenvalue weighted by molar-refractivity contribution is -0.0362. The van der Waals surface area contributed by atoms with Crippen LogP contribution >= 0.6 is 0 Å². The van der Waals surface area contributed by atoms with E-state index < -0.39 is 8.32 Å². The molecular formula is C14H28O2Si. The number of hydrogen-bond donors (Lipinski definition) is 0. The predicted octanol–water partition coefficient (Wildman–Crippen LogP) is 4.13. The van der Waals surface area contributed by atoms with Crippen molar-refractivity contribution in [2.45, 2.75) is 71.4 Å². The normalized spacial score (nSPS) is 30.6. The van der Waals surface area contributed by atoms with Crippen molar-refractivity contribution in [3.8, 4) is 0 Å². The molecule has 3 heteroatoms. The quantitative estimate of drug-likeness (QED) is 0.558. The first-order valence-corrected chi connectivity index (χ1v) is 9.39. The third-order valence-electron chi connectivity index (χ3n) is 4.15. The van der Waals surface area contributed by atoms with E-state index in [1.165, 1.54) is 5.57 Å². The Bertz CT molecular complexity index is 315. The van der Waals surface area contributed by atoms with Gasteiger partial charge < -0.3 is 9.16 Å². The fourth-order valence-electron chi connectivity index (χ4n) is 1.75. The minimum Gasteiger partial charge on any atom is -0.414 e. The van der Waals surface area contributed by atoms with Crippen molar-refractivity contribution in [2.24, 2.45) is 0 Å². The van der Waals surface area contributed by atoms with Crippen LogP contribution < -0.4 is 0 Å². The molecule has 0 saturated heterocycles. The molecule has 0 aliphatic carbocycles. The highest BCUT2D eigenvalue weighted by atomic mass is 28.4. The molecule has 1 aliphatic rings. The Kier molecular flexibility index (Phi) is 3.97. The van der Waals surface area contributed by atoms with Gasteiger partial charge in [0, 0.05) is 0 Å². The van der Waals surface area contributed by atoms with Gasteiger partial charge in [0.25, 0.3) is 0 Å². The minimum absolute atomic E-state index is 0.225. The lowest BCUT2D eigenvalue weighted by Crippen LogP contribution is -2.45. The van der Waals surface area contributed by atoms with E-state index in [4.69, 9.17) is 9.16 Å². The van der Waals surface area contributed by atoms with Crippen LogP contribution in [0.3, 0.4) is 0 Å². The highest BCUT2D eigenvalue weighted by Gasteiger charge is 2.40. The molecule has 0 spiro atoms. The van der Waals surface area contributed by atoms with Gasteiger partial charge >= 0.3 is 0 Å². The van der Waals surface area contributed by atoms with Crippen molar-refractivity contribution < 1.29 is 9.16 Å². The van der Waals surface area contributed by atoms with E-state index >= 15 is 0 Å². The van der Waals surface area contributed by atoms with Crippen molar-refractivity contribution in [3.63, 3.8) is 0 Å². The van der Waals surface area contributed by atoms with Gasteiger partial charge in [-0.1, -0.05) is 20.8 Å². The van der Waals surface area contributed by atoms with Crippen LogP contribution in [-0.4, -0.2) is 26.6 Å². The van der Waals surface area contributed by atoms with E-state index in [0.717, 1.165) is 0 Å². The fraction of sp³-hybridized carbons (Fsp3) is 0.857. The first-order valence-electron chi connectivity index (χ1n) is 6.48. The highest BCUT2D eigenvalue weighted by molar-refractivity contribution is 6.74. The molecule has 1 heterocycles. The van der Waals surface area contributed by atoms with E-state index in [2.05, 4.69) is 60.7 Å². The van der Waals surface area contributed by atoms with Gasteiger partial charge in [0.2, 0.25) is 0 Å². The van der Waals surface area contributed by atoms with Crippen LogP contribution in [0.1, 0.15) is 41.5 Å². The molecule has 2 atom stereocenters. The molecule has 0 unspecified atom stereocenters. The van der Waals surface area contributed by atoms with Gasteiger partial charge in [0.1, 0.15) is 5.60 Å². The molecular weight excluding hydrogens is 228 g/mol. The second kappa shape index (κ2) is 4.52. The van der Waals surface area contributed by atoms with Gasteiger partial charge in [-0.05, 0) is 50.6 Å². The molecule has 0 amide bonds. The Balaban J connectivity index is 2.64. The molecule has 0 bridgehead atoms. The Morgan fingerprint density at radius 1 is 1.41 bits per heavy atom. The SMILES string of the molecule is CC1=C[C@](C)(CO[Si](C)(C)C(C)(C)C)O[C@@H]1C. The van der Waals surface area contributed by atoms with Crippen molar-refractivity contribution in [1.82, 2.24) is 0 Å². The smallest absolute Gasteiger partial charge is 0.192 e. The molecule has 0 radical (unpaired) electrons. The Hall–Kier alpha value is -0.123. The van der Waals surface area contributed by atoms with Crippen LogP contribution in [0.25, 0.3) is 0 Å². The topological polar surface area (TPSA) is 18.5 Å². The van der Waals surface area contributed by atoms with E-state index in [1.807, 2.05) is 0 Å². The molecule has 0 saturated carbocycles. The Morgan fingerprint density at radius 3 is 2.29 bits per heavy atom. The van der Waals surface area contributed by atoms with Gasteiger partial charge in [0.15, 0.2) is 8.32 Å². The summed E-state index contributed by atoms with van der Waals surface area (Å²) < 4.78 is 12.2. The zero-order valence-corrected chi connectivity index (χ0v) is 13.7. The molecule has 0 aromatic rings. The van der Waals surface area contributed by atoms with Gasteiger partial charge in [-0.25, -0.2) is 0 Å². The van der Waals surface area contributed by atoms with Crippen LogP contribution in [0.4, 0.5) is 0 Å². The van der Waals surface area contributed by atoms with Crippen LogP contribution in [0.15, 0.2) is 11.6 Å². The molecule has 100 valence electrons. The largest absolute Gasteiger partial charge is 0.414 e. The van der Waals surface area contributed by atoms with Gasteiger partial charge in [0.05, 0.1) is 12.7 Å². The highest BCUT2D eigenvalue weighted by Crippen LogP contribution is 2.38. The minimum atomic E-state index is -1.67. The average Bonchev–Trinajstić information content (AvgIpc) is 2.37. The van der Waals surface area contributed by atoms with Crippen molar-refractivity contribution in [3.05, 3.63) is 11.6 Å². The predicted molar refractivity (Wildman–Crippen MR) is 75.9 cm³/mol. The fourth-order valence-corrected chi connectivity index (χ4v) is 2.83. The molecule has 0 N–H and O–H groups in total. The van der Waals surface area contributed by atoms with Crippen molar-refractivity contribution >= 4 is 8.32 Å². The maximum atomic E-state index is 6.25. The van der Waals surface area contributed by atoms with Crippen LogP contribution in [-0.2, 0) is 9.16 Å². The van der Waals surface area contributed by atoms with Crippen LogP contribution in [0.5, 0.6) is 0 Å². The second-order valence-electron chi connectivity index (χ2n) is 7.01. The molecule has 17 heavy (non-hydrogen) atoms. The Morgan fingerprint density at radius 2 is 1.94 bits per heavy atom. The summed E-state index contributed by atoms with van der Waals surface area (Å²) in [6, 6.07) is 0. The molecule has 0 aromatic carbocycles. The molecule has 1 aliphatic heterocycles. The summed E-state index contributed by atoms with van der Waals surface area (Å²) in [6.07, 6.45) is 2.44. The van der Waals surface area contributed by atoms with Gasteiger partial charge in [-0.3, -0.25) is 0 Å². The Labute approximate surface area is 108 Å². The third kappa shape index (κ3) is 3.43. The third-order valence-corrected chi connectivity index (χ3v) is 8.62. The number of ether oxygens (including phenoxy) is 1. The van der Waals surface area contributed by atoms with Crippen LogP contribution in [0, 0.1) is 0 Å². The summed E-state index contributed by atoms with van der Waals surface area (Å²) in [5.74, 6) is 0. The lowest BCUT2D eigenvalue weighted by atomic mass is 10.1. The van der Waals surface area contributed by atoms with Gasteiger partial charge in [-0.2, -0.15) is 0 Å². The lowest BCUT2D eigenvalue weighted by Gasteiger charge is -2.38. The maximum absolute atomic E-state index is 6.25. The summed E-state index contributed by atoms with van der Waals surface area (Å²) >= 11 is 0. The maximum Gasteiger partial charge on any atom is 0.192 e. The van der Waals surface area contributed by atoms with E-state index in [0.29, 0.717) is 6.61 Å². The van der Waals surface area contributed by atoms with Crippen molar-refractivity contribution in [2.75, 3.05) is 6.61 Å². The first kappa shape index (κ1) is 14.9.